The molecule has 0 saturated heterocycles. The van der Waals surface area contributed by atoms with Gasteiger partial charge in [-0.25, -0.2) is 4.79 Å². The van der Waals surface area contributed by atoms with E-state index in [0.717, 1.165) is 19.3 Å². The Balaban J connectivity index is 2.33. The molecule has 0 aromatic carbocycles. The van der Waals surface area contributed by atoms with Crippen LogP contribution in [0, 0.1) is 5.92 Å². The molecule has 4 N–H and O–H groups in total. The Kier molecular flexibility index (Phi) is 6.83. The number of carboxylic acids is 1. The summed E-state index contributed by atoms with van der Waals surface area (Å²) in [6, 6.07) is -0.852. The summed E-state index contributed by atoms with van der Waals surface area (Å²) < 4.78 is 0. The van der Waals surface area contributed by atoms with Gasteiger partial charge in [-0.05, 0) is 19.3 Å². The lowest BCUT2D eigenvalue weighted by atomic mass is 9.84. The summed E-state index contributed by atoms with van der Waals surface area (Å²) in [5.74, 6) is -1.67. The lowest BCUT2D eigenvalue weighted by molar-refractivity contribution is -0.143. The van der Waals surface area contributed by atoms with Crippen molar-refractivity contribution in [2.75, 3.05) is 13.1 Å². The van der Waals surface area contributed by atoms with E-state index in [9.17, 15) is 14.4 Å². The van der Waals surface area contributed by atoms with Crippen molar-refractivity contribution in [3.63, 3.8) is 0 Å². The van der Waals surface area contributed by atoms with Gasteiger partial charge < -0.3 is 21.1 Å². The highest BCUT2D eigenvalue weighted by molar-refractivity contribution is 5.84. The Bertz CT molecular complexity index is 360. The van der Waals surface area contributed by atoms with E-state index in [1.807, 2.05) is 6.92 Å². The molecular formula is C13H23N3O4. The monoisotopic (exact) mass is 285 g/mol. The van der Waals surface area contributed by atoms with Crippen molar-refractivity contribution in [2.45, 2.75) is 45.1 Å². The molecule has 1 saturated carbocycles. The van der Waals surface area contributed by atoms with E-state index in [2.05, 4.69) is 16.0 Å². The molecular weight excluding hydrogens is 262 g/mol. The third kappa shape index (κ3) is 5.46. The van der Waals surface area contributed by atoms with Gasteiger partial charge in [0.1, 0.15) is 0 Å². The summed E-state index contributed by atoms with van der Waals surface area (Å²) >= 11 is 0. The molecule has 20 heavy (non-hydrogen) atoms. The molecule has 7 heteroatoms. The van der Waals surface area contributed by atoms with Crippen LogP contribution in [-0.4, -0.2) is 42.1 Å². The highest BCUT2D eigenvalue weighted by Gasteiger charge is 2.31. The number of carbonyl (C=O) groups is 3. The van der Waals surface area contributed by atoms with Crippen LogP contribution >= 0.6 is 0 Å². The molecule has 0 bridgehead atoms. The molecule has 2 unspecified atom stereocenters. The summed E-state index contributed by atoms with van der Waals surface area (Å²) in [6.45, 7) is 2.41. The van der Waals surface area contributed by atoms with Gasteiger partial charge in [0.2, 0.25) is 5.91 Å². The minimum absolute atomic E-state index is 0.101. The molecule has 0 spiro atoms. The van der Waals surface area contributed by atoms with Crippen molar-refractivity contribution < 1.29 is 19.5 Å². The number of amides is 3. The third-order valence-electron chi connectivity index (χ3n) is 3.38. The van der Waals surface area contributed by atoms with Gasteiger partial charge in [-0.2, -0.15) is 0 Å². The first-order valence-corrected chi connectivity index (χ1v) is 7.08. The van der Waals surface area contributed by atoms with Crippen LogP contribution in [-0.2, 0) is 9.59 Å². The molecule has 0 aliphatic heterocycles. The SMILES string of the molecule is CCCNC(=O)CNC(=O)NC1CCCCC1C(=O)O. The molecule has 0 heterocycles. The van der Waals surface area contributed by atoms with Crippen LogP contribution in [0.2, 0.25) is 0 Å². The van der Waals surface area contributed by atoms with Crippen molar-refractivity contribution in [2.24, 2.45) is 5.92 Å². The fraction of sp³-hybridized carbons (Fsp3) is 0.769. The van der Waals surface area contributed by atoms with E-state index in [0.29, 0.717) is 19.4 Å². The fourth-order valence-electron chi connectivity index (χ4n) is 2.31. The lowest BCUT2D eigenvalue weighted by Gasteiger charge is -2.29. The molecule has 1 rings (SSSR count). The predicted molar refractivity (Wildman–Crippen MR) is 73.2 cm³/mol. The maximum absolute atomic E-state index is 11.7. The summed E-state index contributed by atoms with van der Waals surface area (Å²) in [4.78, 5) is 34.1. The van der Waals surface area contributed by atoms with E-state index < -0.39 is 17.9 Å². The van der Waals surface area contributed by atoms with Crippen molar-refractivity contribution in [1.82, 2.24) is 16.0 Å². The third-order valence-corrected chi connectivity index (χ3v) is 3.38. The molecule has 1 aliphatic carbocycles. The van der Waals surface area contributed by atoms with Crippen molar-refractivity contribution >= 4 is 17.9 Å². The number of aliphatic carboxylic acids is 1. The first-order chi connectivity index (χ1) is 9.54. The van der Waals surface area contributed by atoms with Gasteiger partial charge in [0.15, 0.2) is 0 Å². The molecule has 1 aliphatic rings. The van der Waals surface area contributed by atoms with Crippen LogP contribution in [0.15, 0.2) is 0 Å². The molecule has 3 amide bonds. The number of nitrogens with one attached hydrogen (secondary N) is 3. The highest BCUT2D eigenvalue weighted by Crippen LogP contribution is 2.24. The first-order valence-electron chi connectivity index (χ1n) is 7.08. The minimum atomic E-state index is -0.879. The number of hydrogen-bond donors (Lipinski definition) is 4. The number of carbonyl (C=O) groups excluding carboxylic acids is 2. The van der Waals surface area contributed by atoms with Gasteiger partial charge in [-0.15, -0.1) is 0 Å². The fourth-order valence-corrected chi connectivity index (χ4v) is 2.31. The molecule has 0 aromatic rings. The zero-order chi connectivity index (χ0) is 15.0. The Morgan fingerprint density at radius 2 is 1.85 bits per heavy atom. The first kappa shape index (κ1) is 16.3. The van der Waals surface area contributed by atoms with Crippen LogP contribution < -0.4 is 16.0 Å². The van der Waals surface area contributed by atoms with Crippen molar-refractivity contribution in [3.8, 4) is 0 Å². The normalized spacial score (nSPS) is 21.9. The molecule has 0 aromatic heterocycles. The number of rotatable bonds is 6. The van der Waals surface area contributed by atoms with Crippen molar-refractivity contribution in [3.05, 3.63) is 0 Å². The standard InChI is InChI=1S/C13H23N3O4/c1-2-7-14-11(17)8-15-13(20)16-10-6-4-3-5-9(10)12(18)19/h9-10H,2-8H2,1H3,(H,14,17)(H,18,19)(H2,15,16,20). The Labute approximate surface area is 118 Å². The highest BCUT2D eigenvalue weighted by atomic mass is 16.4. The predicted octanol–water partition coefficient (Wildman–Crippen LogP) is 0.455. The summed E-state index contributed by atoms with van der Waals surface area (Å²) in [6.07, 6.45) is 3.85. The van der Waals surface area contributed by atoms with Crippen LogP contribution in [0.3, 0.4) is 0 Å². The maximum Gasteiger partial charge on any atom is 0.315 e. The maximum atomic E-state index is 11.7. The van der Waals surface area contributed by atoms with E-state index in [-0.39, 0.29) is 18.5 Å². The van der Waals surface area contributed by atoms with Gasteiger partial charge in [-0.3, -0.25) is 9.59 Å². The molecule has 0 radical (unpaired) electrons. The average molecular weight is 285 g/mol. The largest absolute Gasteiger partial charge is 0.481 e. The smallest absolute Gasteiger partial charge is 0.315 e. The Morgan fingerprint density at radius 3 is 2.50 bits per heavy atom. The van der Waals surface area contributed by atoms with E-state index in [1.165, 1.54) is 0 Å². The quantitative estimate of drug-likeness (QED) is 0.568. The molecule has 2 atom stereocenters. The van der Waals surface area contributed by atoms with Gasteiger partial charge in [0.25, 0.3) is 0 Å². The Morgan fingerprint density at radius 1 is 1.15 bits per heavy atom. The minimum Gasteiger partial charge on any atom is -0.481 e. The molecule has 1 fully saturated rings. The topological polar surface area (TPSA) is 108 Å². The second kappa shape index (κ2) is 8.39. The number of urea groups is 1. The van der Waals surface area contributed by atoms with Crippen LogP contribution in [0.1, 0.15) is 39.0 Å². The van der Waals surface area contributed by atoms with E-state index in [4.69, 9.17) is 5.11 Å². The molecule has 114 valence electrons. The van der Waals surface area contributed by atoms with Gasteiger partial charge >= 0.3 is 12.0 Å². The van der Waals surface area contributed by atoms with Crippen molar-refractivity contribution in [1.29, 1.82) is 0 Å². The second-order valence-corrected chi connectivity index (χ2v) is 5.01. The number of carboxylic acid groups (broad SMARTS) is 1. The summed E-state index contributed by atoms with van der Waals surface area (Å²) in [5, 5.41) is 16.8. The zero-order valence-electron chi connectivity index (χ0n) is 11.8. The van der Waals surface area contributed by atoms with Crippen LogP contribution in [0.25, 0.3) is 0 Å². The van der Waals surface area contributed by atoms with E-state index in [1.54, 1.807) is 0 Å². The van der Waals surface area contributed by atoms with E-state index >= 15 is 0 Å². The van der Waals surface area contributed by atoms with Gasteiger partial charge in [0.05, 0.1) is 12.5 Å². The van der Waals surface area contributed by atoms with Gasteiger partial charge in [-0.1, -0.05) is 19.8 Å². The lowest BCUT2D eigenvalue weighted by Crippen LogP contribution is -2.50. The van der Waals surface area contributed by atoms with Crippen LogP contribution in [0.5, 0.6) is 0 Å². The average Bonchev–Trinajstić information content (AvgIpc) is 2.43. The summed E-state index contributed by atoms with van der Waals surface area (Å²) in [5.41, 5.74) is 0. The van der Waals surface area contributed by atoms with Crippen LogP contribution in [0.4, 0.5) is 4.79 Å². The molecule has 7 nitrogen and oxygen atoms in total. The van der Waals surface area contributed by atoms with Gasteiger partial charge in [0, 0.05) is 12.6 Å². The second-order valence-electron chi connectivity index (χ2n) is 5.01. The summed E-state index contributed by atoms with van der Waals surface area (Å²) in [7, 11) is 0. The zero-order valence-corrected chi connectivity index (χ0v) is 11.8. The Hall–Kier alpha value is -1.79. The number of hydrogen-bond acceptors (Lipinski definition) is 3.